The smallest absolute Gasteiger partial charge is 0.246 e. The lowest BCUT2D eigenvalue weighted by Crippen LogP contribution is -2.51. The van der Waals surface area contributed by atoms with Gasteiger partial charge in [0.05, 0.1) is 4.90 Å². The van der Waals surface area contributed by atoms with Gasteiger partial charge in [-0.1, -0.05) is 20.8 Å². The molecule has 1 saturated heterocycles. The summed E-state index contributed by atoms with van der Waals surface area (Å²) >= 11 is 0. The summed E-state index contributed by atoms with van der Waals surface area (Å²) < 4.78 is 27.2. The van der Waals surface area contributed by atoms with E-state index in [0.717, 1.165) is 18.4 Å². The molecule has 160 valence electrons. The number of piperidine rings is 1. The number of rotatable bonds is 5. The quantitative estimate of drug-likeness (QED) is 0.731. The Morgan fingerprint density at radius 1 is 1.14 bits per heavy atom. The zero-order valence-electron chi connectivity index (χ0n) is 17.7. The Balaban J connectivity index is 1.91. The number of hydrogen-bond donors (Lipinski definition) is 0. The number of fused-ring (bicyclic) bond motifs is 1. The number of anilines is 1. The van der Waals surface area contributed by atoms with Crippen molar-refractivity contribution in [1.82, 2.24) is 9.21 Å². The van der Waals surface area contributed by atoms with Crippen LogP contribution in [0.4, 0.5) is 5.69 Å². The SMILES string of the molecule is CCN(CC)S(=O)(=O)c1ccc2c(c1)C[C@H](C(=O)N1CCC(C)CC1)N2C(C)=O. The van der Waals surface area contributed by atoms with E-state index in [1.807, 2.05) is 4.90 Å². The minimum atomic E-state index is -3.59. The van der Waals surface area contributed by atoms with E-state index in [1.54, 1.807) is 26.0 Å². The summed E-state index contributed by atoms with van der Waals surface area (Å²) in [5.74, 6) is 0.361. The molecule has 2 heterocycles. The fraction of sp³-hybridized carbons (Fsp3) is 0.619. The first kappa shape index (κ1) is 21.8. The Labute approximate surface area is 173 Å². The van der Waals surface area contributed by atoms with Crippen LogP contribution < -0.4 is 4.90 Å². The predicted molar refractivity (Wildman–Crippen MR) is 112 cm³/mol. The van der Waals surface area contributed by atoms with Crippen LogP contribution in [0, 0.1) is 5.92 Å². The summed E-state index contributed by atoms with van der Waals surface area (Å²) in [6.07, 6.45) is 2.29. The molecule has 2 amide bonds. The van der Waals surface area contributed by atoms with E-state index in [1.165, 1.54) is 22.2 Å². The number of carbonyl (C=O) groups excluding carboxylic acids is 2. The summed E-state index contributed by atoms with van der Waals surface area (Å²) in [6, 6.07) is 4.24. The monoisotopic (exact) mass is 421 g/mol. The van der Waals surface area contributed by atoms with E-state index in [2.05, 4.69) is 6.92 Å². The van der Waals surface area contributed by atoms with Crippen LogP contribution in [0.3, 0.4) is 0 Å². The maximum Gasteiger partial charge on any atom is 0.246 e. The molecule has 8 heteroatoms. The number of sulfonamides is 1. The Morgan fingerprint density at radius 3 is 2.31 bits per heavy atom. The Kier molecular flexibility index (Phi) is 6.33. The molecule has 29 heavy (non-hydrogen) atoms. The van der Waals surface area contributed by atoms with Crippen molar-refractivity contribution in [2.45, 2.75) is 57.9 Å². The van der Waals surface area contributed by atoms with E-state index in [9.17, 15) is 18.0 Å². The van der Waals surface area contributed by atoms with Gasteiger partial charge < -0.3 is 4.90 Å². The molecule has 0 aromatic heterocycles. The number of carbonyl (C=O) groups is 2. The third-order valence-electron chi connectivity index (χ3n) is 6.10. The summed E-state index contributed by atoms with van der Waals surface area (Å²) in [5, 5.41) is 0. The molecule has 0 aliphatic carbocycles. The molecule has 0 radical (unpaired) electrons. The standard InChI is InChI=1S/C21H31N3O4S/c1-5-23(6-2)29(27,28)18-7-8-19-17(13-18)14-20(24(19)16(4)25)21(26)22-11-9-15(3)10-12-22/h7-8,13,15,20H,5-6,9-12,14H2,1-4H3/t20-/m1/s1. The molecular weight excluding hydrogens is 390 g/mol. The van der Waals surface area contributed by atoms with Crippen LogP contribution >= 0.6 is 0 Å². The summed E-state index contributed by atoms with van der Waals surface area (Å²) in [6.45, 7) is 9.45. The van der Waals surface area contributed by atoms with Crippen LogP contribution in [0.15, 0.2) is 23.1 Å². The lowest BCUT2D eigenvalue weighted by molar-refractivity contribution is -0.135. The van der Waals surface area contributed by atoms with Crippen LogP contribution in [0.1, 0.15) is 46.1 Å². The second-order valence-electron chi connectivity index (χ2n) is 8.00. The number of benzene rings is 1. The van der Waals surface area contributed by atoms with Gasteiger partial charge in [0.1, 0.15) is 6.04 Å². The van der Waals surface area contributed by atoms with Crippen molar-refractivity contribution in [1.29, 1.82) is 0 Å². The van der Waals surface area contributed by atoms with Gasteiger partial charge in [-0.25, -0.2) is 8.42 Å². The van der Waals surface area contributed by atoms with Crippen molar-refractivity contribution < 1.29 is 18.0 Å². The molecular formula is C21H31N3O4S. The van der Waals surface area contributed by atoms with Gasteiger partial charge in [0.2, 0.25) is 21.8 Å². The molecule has 3 rings (SSSR count). The van der Waals surface area contributed by atoms with E-state index < -0.39 is 16.1 Å². The maximum absolute atomic E-state index is 13.2. The van der Waals surface area contributed by atoms with Crippen molar-refractivity contribution in [2.75, 3.05) is 31.1 Å². The molecule has 0 N–H and O–H groups in total. The number of amides is 2. The highest BCUT2D eigenvalue weighted by Gasteiger charge is 2.40. The lowest BCUT2D eigenvalue weighted by atomic mass is 9.98. The van der Waals surface area contributed by atoms with Crippen LogP contribution in [-0.2, 0) is 26.0 Å². The second-order valence-corrected chi connectivity index (χ2v) is 9.93. The molecule has 2 aliphatic heterocycles. The van der Waals surface area contributed by atoms with Gasteiger partial charge >= 0.3 is 0 Å². The highest BCUT2D eigenvalue weighted by molar-refractivity contribution is 7.89. The van der Waals surface area contributed by atoms with Gasteiger partial charge in [-0.15, -0.1) is 0 Å². The largest absolute Gasteiger partial charge is 0.341 e. The van der Waals surface area contributed by atoms with Gasteiger partial charge in [-0.3, -0.25) is 14.5 Å². The molecule has 0 unspecified atom stereocenters. The molecule has 7 nitrogen and oxygen atoms in total. The van der Waals surface area contributed by atoms with E-state index in [0.29, 0.717) is 44.2 Å². The third-order valence-corrected chi connectivity index (χ3v) is 8.14. The Bertz CT molecular complexity index is 887. The van der Waals surface area contributed by atoms with Gasteiger partial charge in [-0.05, 0) is 42.5 Å². The first-order valence-electron chi connectivity index (χ1n) is 10.4. The summed E-state index contributed by atoms with van der Waals surface area (Å²) in [7, 11) is -3.59. The fourth-order valence-corrected chi connectivity index (χ4v) is 5.84. The van der Waals surface area contributed by atoms with Crippen molar-refractivity contribution in [3.63, 3.8) is 0 Å². The zero-order valence-corrected chi connectivity index (χ0v) is 18.5. The first-order valence-corrected chi connectivity index (χ1v) is 11.9. The van der Waals surface area contributed by atoms with Crippen molar-refractivity contribution in [3.8, 4) is 0 Å². The van der Waals surface area contributed by atoms with Crippen LogP contribution in [0.25, 0.3) is 0 Å². The normalized spacial score (nSPS) is 20.2. The molecule has 0 bridgehead atoms. The molecule has 1 atom stereocenters. The van der Waals surface area contributed by atoms with Crippen LogP contribution in [0.2, 0.25) is 0 Å². The van der Waals surface area contributed by atoms with Crippen molar-refractivity contribution >= 4 is 27.5 Å². The van der Waals surface area contributed by atoms with Crippen LogP contribution in [-0.4, -0.2) is 61.7 Å². The van der Waals surface area contributed by atoms with Crippen molar-refractivity contribution in [2.24, 2.45) is 5.92 Å². The average molecular weight is 422 g/mol. The van der Waals surface area contributed by atoms with Gasteiger partial charge in [0.25, 0.3) is 0 Å². The Hall–Kier alpha value is -1.93. The number of likely N-dealkylation sites (tertiary alicyclic amines) is 1. The van der Waals surface area contributed by atoms with Crippen LogP contribution in [0.5, 0.6) is 0 Å². The minimum Gasteiger partial charge on any atom is -0.341 e. The maximum atomic E-state index is 13.2. The molecule has 0 saturated carbocycles. The van der Waals surface area contributed by atoms with Gasteiger partial charge in [-0.2, -0.15) is 4.31 Å². The van der Waals surface area contributed by atoms with E-state index in [-0.39, 0.29) is 16.7 Å². The molecule has 0 spiro atoms. The predicted octanol–water partition coefficient (Wildman–Crippen LogP) is 2.25. The van der Waals surface area contributed by atoms with E-state index in [4.69, 9.17) is 0 Å². The Morgan fingerprint density at radius 2 is 1.76 bits per heavy atom. The topological polar surface area (TPSA) is 78.0 Å². The molecule has 1 fully saturated rings. The first-order chi connectivity index (χ1) is 13.7. The lowest BCUT2D eigenvalue weighted by Gasteiger charge is -2.34. The van der Waals surface area contributed by atoms with Crippen molar-refractivity contribution in [3.05, 3.63) is 23.8 Å². The zero-order chi connectivity index (χ0) is 21.3. The summed E-state index contributed by atoms with van der Waals surface area (Å²) in [5.41, 5.74) is 1.37. The van der Waals surface area contributed by atoms with Gasteiger partial charge in [0.15, 0.2) is 0 Å². The third kappa shape index (κ3) is 4.05. The molecule has 1 aromatic carbocycles. The minimum absolute atomic E-state index is 0.0450. The molecule has 2 aliphatic rings. The highest BCUT2D eigenvalue weighted by Crippen LogP contribution is 2.36. The summed E-state index contributed by atoms with van der Waals surface area (Å²) in [4.78, 5) is 29.1. The van der Waals surface area contributed by atoms with Gasteiger partial charge in [0, 0.05) is 45.2 Å². The number of nitrogens with zero attached hydrogens (tertiary/aromatic N) is 3. The molecule has 1 aromatic rings. The second kappa shape index (κ2) is 8.44. The highest BCUT2D eigenvalue weighted by atomic mass is 32.2. The average Bonchev–Trinajstić information content (AvgIpc) is 3.07. The number of hydrogen-bond acceptors (Lipinski definition) is 4. The fourth-order valence-electron chi connectivity index (χ4n) is 4.33. The van der Waals surface area contributed by atoms with E-state index >= 15 is 0 Å².